The molecule has 0 saturated heterocycles. The van der Waals surface area contributed by atoms with E-state index in [2.05, 4.69) is 42.4 Å². The fraction of sp³-hybridized carbons (Fsp3) is 0.400. The minimum absolute atomic E-state index is 0.291. The van der Waals surface area contributed by atoms with E-state index in [4.69, 9.17) is 0 Å². The number of anilines is 1. The summed E-state index contributed by atoms with van der Waals surface area (Å²) >= 11 is 0. The van der Waals surface area contributed by atoms with E-state index < -0.39 is 0 Å². The first-order chi connectivity index (χ1) is 9.11. The molecule has 0 spiro atoms. The number of nitriles is 1. The second-order valence-corrected chi connectivity index (χ2v) is 5.23. The van der Waals surface area contributed by atoms with Crippen molar-refractivity contribution in [2.75, 3.05) is 5.32 Å². The van der Waals surface area contributed by atoms with Gasteiger partial charge < -0.3 is 5.32 Å². The van der Waals surface area contributed by atoms with E-state index in [0.717, 1.165) is 23.0 Å². The van der Waals surface area contributed by atoms with Gasteiger partial charge >= 0.3 is 0 Å². The Labute approximate surface area is 113 Å². The topological polar surface area (TPSA) is 61.6 Å². The number of fused-ring (bicyclic) bond motifs is 1. The standard InChI is InChI=1S/C15H18N4/c1-10(2)8-11(3)17-15-12-6-4-5-7-13(12)18-19-14(15)9-16/h4-7,10-11H,8H2,1-3H3,(H,17,18). The van der Waals surface area contributed by atoms with Crippen LogP contribution in [0.3, 0.4) is 0 Å². The largest absolute Gasteiger partial charge is 0.380 e. The summed E-state index contributed by atoms with van der Waals surface area (Å²) in [5.74, 6) is 0.606. The maximum absolute atomic E-state index is 9.18. The molecule has 0 fully saturated rings. The fourth-order valence-electron chi connectivity index (χ4n) is 2.29. The van der Waals surface area contributed by atoms with Crippen molar-refractivity contribution in [3.8, 4) is 6.07 Å². The van der Waals surface area contributed by atoms with Crippen LogP contribution in [0.1, 0.15) is 32.9 Å². The summed E-state index contributed by atoms with van der Waals surface area (Å²) in [5.41, 5.74) is 1.95. The quantitative estimate of drug-likeness (QED) is 0.908. The predicted molar refractivity (Wildman–Crippen MR) is 76.8 cm³/mol. The second kappa shape index (κ2) is 5.66. The Balaban J connectivity index is 2.42. The molecule has 1 aromatic carbocycles. The Morgan fingerprint density at radius 1 is 1.21 bits per heavy atom. The van der Waals surface area contributed by atoms with Crippen LogP contribution in [-0.4, -0.2) is 16.2 Å². The van der Waals surface area contributed by atoms with Gasteiger partial charge in [0.2, 0.25) is 0 Å². The maximum Gasteiger partial charge on any atom is 0.186 e. The Kier molecular flexibility index (Phi) is 3.96. The highest BCUT2D eigenvalue weighted by Gasteiger charge is 2.13. The van der Waals surface area contributed by atoms with Crippen molar-refractivity contribution in [2.24, 2.45) is 5.92 Å². The van der Waals surface area contributed by atoms with Crippen LogP contribution in [0.2, 0.25) is 0 Å². The van der Waals surface area contributed by atoms with Crippen LogP contribution in [0, 0.1) is 17.2 Å². The number of benzene rings is 1. The van der Waals surface area contributed by atoms with E-state index in [1.807, 2.05) is 24.3 Å². The summed E-state index contributed by atoms with van der Waals surface area (Å²) in [5, 5.41) is 21.6. The second-order valence-electron chi connectivity index (χ2n) is 5.23. The van der Waals surface area contributed by atoms with Gasteiger partial charge in [-0.3, -0.25) is 0 Å². The minimum Gasteiger partial charge on any atom is -0.380 e. The van der Waals surface area contributed by atoms with Gasteiger partial charge in [0, 0.05) is 11.4 Å². The normalized spacial score (nSPS) is 12.4. The minimum atomic E-state index is 0.291. The van der Waals surface area contributed by atoms with Gasteiger partial charge in [-0.2, -0.15) is 5.26 Å². The molecular formula is C15H18N4. The van der Waals surface area contributed by atoms with Gasteiger partial charge in [-0.15, -0.1) is 10.2 Å². The zero-order chi connectivity index (χ0) is 13.8. The number of hydrogen-bond donors (Lipinski definition) is 1. The van der Waals surface area contributed by atoms with E-state index in [-0.39, 0.29) is 0 Å². The van der Waals surface area contributed by atoms with Gasteiger partial charge in [0.15, 0.2) is 5.69 Å². The summed E-state index contributed by atoms with van der Waals surface area (Å²) in [6, 6.07) is 10.1. The summed E-state index contributed by atoms with van der Waals surface area (Å²) in [6.07, 6.45) is 1.04. The van der Waals surface area contributed by atoms with Crippen LogP contribution >= 0.6 is 0 Å². The lowest BCUT2D eigenvalue weighted by atomic mass is 10.0. The molecule has 1 heterocycles. The molecule has 2 rings (SSSR count). The predicted octanol–water partition coefficient (Wildman–Crippen LogP) is 3.35. The summed E-state index contributed by atoms with van der Waals surface area (Å²) in [4.78, 5) is 0. The molecule has 0 aliphatic heterocycles. The SMILES string of the molecule is CC(C)CC(C)Nc1c(C#N)nnc2ccccc12. The monoisotopic (exact) mass is 254 g/mol. The van der Waals surface area contributed by atoms with Crippen LogP contribution in [0.5, 0.6) is 0 Å². The number of aromatic nitrogens is 2. The zero-order valence-corrected chi connectivity index (χ0v) is 11.5. The van der Waals surface area contributed by atoms with E-state index in [1.165, 1.54) is 0 Å². The number of rotatable bonds is 4. The lowest BCUT2D eigenvalue weighted by Gasteiger charge is -2.18. The first kappa shape index (κ1) is 13.3. The number of hydrogen-bond acceptors (Lipinski definition) is 4. The molecule has 1 unspecified atom stereocenters. The van der Waals surface area contributed by atoms with E-state index in [9.17, 15) is 5.26 Å². The molecule has 1 aromatic heterocycles. The highest BCUT2D eigenvalue weighted by molar-refractivity contribution is 5.92. The van der Waals surface area contributed by atoms with E-state index in [1.54, 1.807) is 0 Å². The molecule has 0 radical (unpaired) electrons. The smallest absolute Gasteiger partial charge is 0.186 e. The average molecular weight is 254 g/mol. The molecule has 2 aromatic rings. The van der Waals surface area contributed by atoms with E-state index >= 15 is 0 Å². The Morgan fingerprint density at radius 2 is 1.95 bits per heavy atom. The van der Waals surface area contributed by atoms with Gasteiger partial charge in [0.25, 0.3) is 0 Å². The summed E-state index contributed by atoms with van der Waals surface area (Å²) in [6.45, 7) is 6.49. The number of nitrogens with zero attached hydrogens (tertiary/aromatic N) is 3. The van der Waals surface area contributed by atoms with Crippen LogP contribution in [0.15, 0.2) is 24.3 Å². The highest BCUT2D eigenvalue weighted by atomic mass is 15.1. The number of nitrogens with one attached hydrogen (secondary N) is 1. The van der Waals surface area contributed by atoms with Crippen LogP contribution in [0.25, 0.3) is 10.9 Å². The Bertz CT molecular complexity index is 613. The van der Waals surface area contributed by atoms with Crippen LogP contribution < -0.4 is 5.32 Å². The third kappa shape index (κ3) is 3.00. The molecule has 98 valence electrons. The Hall–Kier alpha value is -2.15. The maximum atomic E-state index is 9.18. The molecule has 1 N–H and O–H groups in total. The van der Waals surface area contributed by atoms with Crippen LogP contribution in [0.4, 0.5) is 5.69 Å². The zero-order valence-electron chi connectivity index (χ0n) is 11.5. The third-order valence-corrected chi connectivity index (χ3v) is 2.99. The van der Waals surface area contributed by atoms with E-state index in [0.29, 0.717) is 17.7 Å². The van der Waals surface area contributed by atoms with Crippen molar-refractivity contribution in [3.63, 3.8) is 0 Å². The molecule has 4 nitrogen and oxygen atoms in total. The van der Waals surface area contributed by atoms with Crippen LogP contribution in [-0.2, 0) is 0 Å². The first-order valence-corrected chi connectivity index (χ1v) is 6.54. The third-order valence-electron chi connectivity index (χ3n) is 2.99. The van der Waals surface area contributed by atoms with Crippen molar-refractivity contribution in [1.82, 2.24) is 10.2 Å². The molecule has 0 saturated carbocycles. The van der Waals surface area contributed by atoms with Gasteiger partial charge in [-0.1, -0.05) is 32.0 Å². The highest BCUT2D eigenvalue weighted by Crippen LogP contribution is 2.25. The lowest BCUT2D eigenvalue weighted by molar-refractivity contribution is 0.540. The average Bonchev–Trinajstić information content (AvgIpc) is 2.38. The Morgan fingerprint density at radius 3 is 2.63 bits per heavy atom. The summed E-state index contributed by atoms with van der Waals surface area (Å²) < 4.78 is 0. The van der Waals surface area contributed by atoms with Gasteiger partial charge in [-0.25, -0.2) is 0 Å². The lowest BCUT2D eigenvalue weighted by Crippen LogP contribution is -2.19. The van der Waals surface area contributed by atoms with Crippen molar-refractivity contribution in [3.05, 3.63) is 30.0 Å². The van der Waals surface area contributed by atoms with Crippen molar-refractivity contribution < 1.29 is 0 Å². The molecule has 19 heavy (non-hydrogen) atoms. The van der Waals surface area contributed by atoms with Gasteiger partial charge in [-0.05, 0) is 25.3 Å². The molecule has 0 aliphatic carbocycles. The van der Waals surface area contributed by atoms with Crippen molar-refractivity contribution in [1.29, 1.82) is 5.26 Å². The fourth-order valence-corrected chi connectivity index (χ4v) is 2.29. The molecule has 0 aliphatic rings. The first-order valence-electron chi connectivity index (χ1n) is 6.54. The van der Waals surface area contributed by atoms with Crippen molar-refractivity contribution >= 4 is 16.6 Å². The molecule has 1 atom stereocenters. The molecular weight excluding hydrogens is 236 g/mol. The molecule has 0 amide bonds. The van der Waals surface area contributed by atoms with Gasteiger partial charge in [0.05, 0.1) is 11.2 Å². The van der Waals surface area contributed by atoms with Gasteiger partial charge in [0.1, 0.15) is 6.07 Å². The molecule has 4 heteroatoms. The summed E-state index contributed by atoms with van der Waals surface area (Å²) in [7, 11) is 0. The van der Waals surface area contributed by atoms with Crippen molar-refractivity contribution in [2.45, 2.75) is 33.2 Å². The molecule has 0 bridgehead atoms.